The smallest absolute Gasteiger partial charge is 0.269 e. The average Bonchev–Trinajstić information content (AvgIpc) is 3.62. The highest BCUT2D eigenvalue weighted by Gasteiger charge is 2.34. The van der Waals surface area contributed by atoms with Gasteiger partial charge in [0, 0.05) is 45.3 Å². The van der Waals surface area contributed by atoms with Gasteiger partial charge in [0.05, 0.1) is 16.8 Å². The van der Waals surface area contributed by atoms with Gasteiger partial charge in [0.25, 0.3) is 5.56 Å². The van der Waals surface area contributed by atoms with Gasteiger partial charge in [-0.15, -0.1) is 5.92 Å². The number of hydrogen-bond acceptors (Lipinski definition) is 5. The molecule has 0 unspecified atom stereocenters. The van der Waals surface area contributed by atoms with Gasteiger partial charge in [-0.3, -0.25) is 9.69 Å². The molecule has 166 valence electrons. The van der Waals surface area contributed by atoms with Crippen molar-refractivity contribution in [2.24, 2.45) is 0 Å². The highest BCUT2D eigenvalue weighted by Crippen LogP contribution is 2.34. The lowest BCUT2D eigenvalue weighted by Gasteiger charge is -2.38. The Morgan fingerprint density at radius 1 is 1.22 bits per heavy atom. The zero-order chi connectivity index (χ0) is 22.2. The van der Waals surface area contributed by atoms with E-state index in [1.807, 2.05) is 17.0 Å². The van der Waals surface area contributed by atoms with Crippen molar-refractivity contribution in [3.05, 3.63) is 63.1 Å². The molecule has 3 heterocycles. The fraction of sp³-hybridized carbons (Fsp3) is 0.440. The van der Waals surface area contributed by atoms with Crippen molar-refractivity contribution < 1.29 is 4.39 Å². The first-order valence-corrected chi connectivity index (χ1v) is 11.3. The van der Waals surface area contributed by atoms with Gasteiger partial charge < -0.3 is 14.8 Å². The van der Waals surface area contributed by atoms with Crippen molar-refractivity contribution in [3.63, 3.8) is 0 Å². The molecule has 0 atom stereocenters. The van der Waals surface area contributed by atoms with Gasteiger partial charge in [0.1, 0.15) is 11.2 Å². The van der Waals surface area contributed by atoms with E-state index in [4.69, 9.17) is 0 Å². The molecule has 5 rings (SSSR count). The van der Waals surface area contributed by atoms with E-state index in [1.54, 1.807) is 13.8 Å². The van der Waals surface area contributed by atoms with Gasteiger partial charge in [-0.1, -0.05) is 12.0 Å². The molecule has 7 heteroatoms. The van der Waals surface area contributed by atoms with Crippen molar-refractivity contribution in [3.8, 4) is 11.8 Å². The first-order valence-electron chi connectivity index (χ1n) is 11.3. The van der Waals surface area contributed by atoms with Crippen molar-refractivity contribution in [2.45, 2.75) is 39.3 Å². The van der Waals surface area contributed by atoms with Gasteiger partial charge in [-0.2, -0.15) is 4.39 Å². The molecule has 1 aliphatic carbocycles. The number of benzene rings is 1. The fourth-order valence-corrected chi connectivity index (χ4v) is 4.57. The SMILES string of the molecule is CC#Cc1cc(CN2CCN(C3=C(F)N(C4CC4)CC=C3)CC2)cc2[nH]c(=O)c(C)nc12. The van der Waals surface area contributed by atoms with Gasteiger partial charge in [-0.25, -0.2) is 4.98 Å². The second-order valence-electron chi connectivity index (χ2n) is 8.79. The predicted molar refractivity (Wildman–Crippen MR) is 124 cm³/mol. The van der Waals surface area contributed by atoms with Gasteiger partial charge in [0.2, 0.25) is 5.95 Å². The van der Waals surface area contributed by atoms with E-state index >= 15 is 4.39 Å². The summed E-state index contributed by atoms with van der Waals surface area (Å²) in [6.45, 7) is 8.22. The minimum atomic E-state index is -0.172. The van der Waals surface area contributed by atoms with Crippen molar-refractivity contribution in [1.82, 2.24) is 24.7 Å². The lowest BCUT2D eigenvalue weighted by Crippen LogP contribution is -2.46. The Hall–Kier alpha value is -3.11. The van der Waals surface area contributed by atoms with E-state index < -0.39 is 0 Å². The lowest BCUT2D eigenvalue weighted by molar-refractivity contribution is 0.145. The molecule has 0 bridgehead atoms. The molecule has 1 saturated heterocycles. The number of aromatic nitrogens is 2. The van der Waals surface area contributed by atoms with Crippen LogP contribution in [0.25, 0.3) is 11.0 Å². The summed E-state index contributed by atoms with van der Waals surface area (Å²) < 4.78 is 15.0. The van der Waals surface area contributed by atoms with E-state index in [0.717, 1.165) is 67.9 Å². The molecular formula is C25H28FN5O. The number of aryl methyl sites for hydroxylation is 1. The zero-order valence-electron chi connectivity index (χ0n) is 18.6. The molecule has 0 spiro atoms. The average molecular weight is 434 g/mol. The normalized spacial score (nSPS) is 19.5. The third kappa shape index (κ3) is 4.03. The summed E-state index contributed by atoms with van der Waals surface area (Å²) in [6.07, 6.45) is 6.21. The number of allylic oxidation sites excluding steroid dienone is 1. The Morgan fingerprint density at radius 3 is 2.72 bits per heavy atom. The first-order chi connectivity index (χ1) is 15.5. The van der Waals surface area contributed by atoms with Crippen LogP contribution in [-0.2, 0) is 6.54 Å². The van der Waals surface area contributed by atoms with Crippen molar-refractivity contribution in [2.75, 3.05) is 32.7 Å². The van der Waals surface area contributed by atoms with E-state index in [-0.39, 0.29) is 11.5 Å². The van der Waals surface area contributed by atoms with Crippen LogP contribution in [0.2, 0.25) is 0 Å². The molecule has 3 aliphatic rings. The highest BCUT2D eigenvalue weighted by molar-refractivity contribution is 5.82. The van der Waals surface area contributed by atoms with E-state index in [0.29, 0.717) is 23.8 Å². The van der Waals surface area contributed by atoms with Crippen LogP contribution in [0.5, 0.6) is 0 Å². The molecule has 0 amide bonds. The first kappa shape index (κ1) is 20.8. The number of H-pyrrole nitrogens is 1. The van der Waals surface area contributed by atoms with Crippen molar-refractivity contribution in [1.29, 1.82) is 0 Å². The third-order valence-electron chi connectivity index (χ3n) is 6.43. The van der Waals surface area contributed by atoms with Crippen molar-refractivity contribution >= 4 is 11.0 Å². The summed E-state index contributed by atoms with van der Waals surface area (Å²) in [7, 11) is 0. The predicted octanol–water partition coefficient (Wildman–Crippen LogP) is 2.89. The molecule has 2 fully saturated rings. The summed E-state index contributed by atoms with van der Waals surface area (Å²) in [4.78, 5) is 25.9. The minimum Gasteiger partial charge on any atom is -0.365 e. The standard InChI is InChI=1S/C25H28FN5O/c1-3-5-19-14-18(15-21-23(19)27-17(2)25(32)28-21)16-29-10-12-30(13-11-29)22-6-4-9-31(24(22)26)20-7-8-20/h4,6,14-15,20H,7-13,16H2,1-2H3,(H,28,32). The van der Waals surface area contributed by atoms with E-state index in [1.165, 1.54) is 0 Å². The number of aromatic amines is 1. The molecular weight excluding hydrogens is 405 g/mol. The Kier molecular flexibility index (Phi) is 5.48. The Labute approximate surface area is 187 Å². The lowest BCUT2D eigenvalue weighted by atomic mass is 10.1. The maximum absolute atomic E-state index is 15.0. The minimum absolute atomic E-state index is 0.0625. The molecule has 1 N–H and O–H groups in total. The maximum atomic E-state index is 15.0. The number of rotatable bonds is 4. The molecule has 1 aromatic heterocycles. The largest absolute Gasteiger partial charge is 0.365 e. The summed E-state index contributed by atoms with van der Waals surface area (Å²) in [6, 6.07) is 4.44. The van der Waals surface area contributed by atoms with Crippen LogP contribution in [-0.4, -0.2) is 63.4 Å². The summed E-state index contributed by atoms with van der Waals surface area (Å²) in [5.41, 5.74) is 4.37. The summed E-state index contributed by atoms with van der Waals surface area (Å²) in [5, 5.41) is 0. The Balaban J connectivity index is 1.31. The van der Waals surface area contributed by atoms with Gasteiger partial charge in [-0.05, 0) is 50.5 Å². The van der Waals surface area contributed by atoms with Crippen LogP contribution in [0.1, 0.15) is 36.6 Å². The Bertz CT molecular complexity index is 1220. The quantitative estimate of drug-likeness (QED) is 0.594. The Morgan fingerprint density at radius 2 is 2.00 bits per heavy atom. The van der Waals surface area contributed by atoms with Crippen LogP contribution < -0.4 is 5.56 Å². The van der Waals surface area contributed by atoms with Gasteiger partial charge >= 0.3 is 0 Å². The molecule has 32 heavy (non-hydrogen) atoms. The third-order valence-corrected chi connectivity index (χ3v) is 6.43. The molecule has 0 radical (unpaired) electrons. The number of nitrogens with one attached hydrogen (secondary N) is 1. The molecule has 6 nitrogen and oxygen atoms in total. The zero-order valence-corrected chi connectivity index (χ0v) is 18.6. The number of halogens is 1. The topological polar surface area (TPSA) is 55.5 Å². The van der Waals surface area contributed by atoms with Crippen LogP contribution in [0.3, 0.4) is 0 Å². The molecule has 2 aliphatic heterocycles. The molecule has 1 saturated carbocycles. The van der Waals surface area contributed by atoms with Crippen LogP contribution in [0.4, 0.5) is 4.39 Å². The second kappa shape index (κ2) is 8.44. The van der Waals surface area contributed by atoms with E-state index in [9.17, 15) is 4.79 Å². The highest BCUT2D eigenvalue weighted by atomic mass is 19.1. The summed E-state index contributed by atoms with van der Waals surface area (Å²) in [5.74, 6) is 6.01. The fourth-order valence-electron chi connectivity index (χ4n) is 4.57. The number of fused-ring (bicyclic) bond motifs is 1. The summed E-state index contributed by atoms with van der Waals surface area (Å²) >= 11 is 0. The number of hydrogen-bond donors (Lipinski definition) is 1. The van der Waals surface area contributed by atoms with Crippen LogP contribution in [0, 0.1) is 18.8 Å². The second-order valence-corrected chi connectivity index (χ2v) is 8.79. The van der Waals surface area contributed by atoms with Crippen LogP contribution >= 0.6 is 0 Å². The molecule has 2 aromatic rings. The number of piperazine rings is 1. The molecule has 1 aromatic carbocycles. The van der Waals surface area contributed by atoms with Gasteiger partial charge in [0.15, 0.2) is 0 Å². The van der Waals surface area contributed by atoms with Crippen LogP contribution in [0.15, 0.2) is 40.7 Å². The monoisotopic (exact) mass is 433 g/mol. The number of nitrogens with zero attached hydrogens (tertiary/aromatic N) is 4. The maximum Gasteiger partial charge on any atom is 0.269 e. The van der Waals surface area contributed by atoms with E-state index in [2.05, 4.69) is 43.8 Å².